The van der Waals surface area contributed by atoms with Crippen LogP contribution in [0.5, 0.6) is 0 Å². The van der Waals surface area contributed by atoms with E-state index in [0.29, 0.717) is 0 Å². The first-order chi connectivity index (χ1) is 10.3. The standard InChI is InChI=1S/C18H19N3/c19-16(12-11-14-7-3-1-4-8-14)18-20-13-17(21-18)15-9-5-2-6-10-15/h1-10,13,16H,11-12,19H2,(H,20,21)/t16-/m1/s1. The minimum Gasteiger partial charge on any atom is -0.347 e. The largest absolute Gasteiger partial charge is 0.347 e. The van der Waals surface area contributed by atoms with Gasteiger partial charge in [-0.2, -0.15) is 0 Å². The van der Waals surface area contributed by atoms with Gasteiger partial charge in [0, 0.05) is 11.8 Å². The topological polar surface area (TPSA) is 54.7 Å². The van der Waals surface area contributed by atoms with E-state index in [1.54, 1.807) is 0 Å². The van der Waals surface area contributed by atoms with Crippen LogP contribution in [-0.2, 0) is 6.42 Å². The van der Waals surface area contributed by atoms with Gasteiger partial charge in [-0.25, -0.2) is 4.98 Å². The Morgan fingerprint density at radius 2 is 1.62 bits per heavy atom. The predicted molar refractivity (Wildman–Crippen MR) is 85.7 cm³/mol. The molecule has 0 amide bonds. The molecule has 21 heavy (non-hydrogen) atoms. The monoisotopic (exact) mass is 277 g/mol. The first kappa shape index (κ1) is 13.6. The third kappa shape index (κ3) is 3.38. The molecule has 3 N–H and O–H groups in total. The van der Waals surface area contributed by atoms with E-state index in [-0.39, 0.29) is 6.04 Å². The van der Waals surface area contributed by atoms with E-state index in [4.69, 9.17) is 5.73 Å². The zero-order valence-electron chi connectivity index (χ0n) is 11.9. The van der Waals surface area contributed by atoms with E-state index >= 15 is 0 Å². The molecule has 0 radical (unpaired) electrons. The number of hydrogen-bond donors (Lipinski definition) is 2. The van der Waals surface area contributed by atoms with Crippen LogP contribution >= 0.6 is 0 Å². The van der Waals surface area contributed by atoms with Gasteiger partial charge in [0.05, 0.1) is 11.7 Å². The van der Waals surface area contributed by atoms with Crippen molar-refractivity contribution < 1.29 is 0 Å². The number of imidazole rings is 1. The summed E-state index contributed by atoms with van der Waals surface area (Å²) in [4.78, 5) is 7.82. The maximum absolute atomic E-state index is 6.24. The lowest BCUT2D eigenvalue weighted by atomic mass is 10.1. The Hall–Kier alpha value is -2.39. The number of nitrogens with two attached hydrogens (primary N) is 1. The number of nitrogens with one attached hydrogen (secondary N) is 1. The van der Waals surface area contributed by atoms with Crippen LogP contribution in [0.4, 0.5) is 0 Å². The highest BCUT2D eigenvalue weighted by atomic mass is 15.0. The van der Waals surface area contributed by atoms with Crippen LogP contribution in [0.3, 0.4) is 0 Å². The van der Waals surface area contributed by atoms with Crippen molar-refractivity contribution in [1.82, 2.24) is 9.97 Å². The molecule has 1 heterocycles. The van der Waals surface area contributed by atoms with Gasteiger partial charge >= 0.3 is 0 Å². The highest BCUT2D eigenvalue weighted by Gasteiger charge is 2.11. The van der Waals surface area contributed by atoms with E-state index in [1.165, 1.54) is 5.56 Å². The molecular weight excluding hydrogens is 258 g/mol. The number of aromatic amines is 1. The second-order valence-corrected chi connectivity index (χ2v) is 5.17. The molecule has 106 valence electrons. The number of hydrogen-bond acceptors (Lipinski definition) is 2. The second kappa shape index (κ2) is 6.37. The molecule has 0 saturated carbocycles. The maximum atomic E-state index is 6.24. The average molecular weight is 277 g/mol. The van der Waals surface area contributed by atoms with Gasteiger partial charge in [-0.3, -0.25) is 0 Å². The van der Waals surface area contributed by atoms with Crippen molar-refractivity contribution >= 4 is 0 Å². The first-order valence-corrected chi connectivity index (χ1v) is 7.23. The fourth-order valence-corrected chi connectivity index (χ4v) is 2.39. The van der Waals surface area contributed by atoms with Crippen LogP contribution in [-0.4, -0.2) is 9.97 Å². The second-order valence-electron chi connectivity index (χ2n) is 5.17. The van der Waals surface area contributed by atoms with Crippen molar-refractivity contribution in [2.75, 3.05) is 0 Å². The molecule has 1 aromatic heterocycles. The van der Waals surface area contributed by atoms with Gasteiger partial charge in [0.25, 0.3) is 0 Å². The van der Waals surface area contributed by atoms with Gasteiger partial charge in [0.1, 0.15) is 5.82 Å². The maximum Gasteiger partial charge on any atom is 0.123 e. The van der Waals surface area contributed by atoms with E-state index in [0.717, 1.165) is 29.9 Å². The molecule has 3 heteroatoms. The summed E-state index contributed by atoms with van der Waals surface area (Å²) in [5.74, 6) is 0.852. The zero-order chi connectivity index (χ0) is 14.5. The Kier molecular flexibility index (Phi) is 4.12. The summed E-state index contributed by atoms with van der Waals surface area (Å²) < 4.78 is 0. The van der Waals surface area contributed by atoms with Gasteiger partial charge in [-0.15, -0.1) is 0 Å². The van der Waals surface area contributed by atoms with Crippen molar-refractivity contribution in [3.8, 4) is 11.3 Å². The normalized spacial score (nSPS) is 12.2. The molecule has 1 atom stereocenters. The van der Waals surface area contributed by atoms with Gasteiger partial charge in [0.15, 0.2) is 0 Å². The summed E-state index contributed by atoms with van der Waals surface area (Å²) >= 11 is 0. The van der Waals surface area contributed by atoms with E-state index in [9.17, 15) is 0 Å². The number of aromatic nitrogens is 2. The van der Waals surface area contributed by atoms with Crippen LogP contribution in [0.15, 0.2) is 66.9 Å². The fourth-order valence-electron chi connectivity index (χ4n) is 2.39. The molecule has 0 aliphatic heterocycles. The summed E-state index contributed by atoms with van der Waals surface area (Å²) in [5, 5.41) is 0. The fraction of sp³-hybridized carbons (Fsp3) is 0.167. The highest BCUT2D eigenvalue weighted by molar-refractivity contribution is 5.58. The highest BCUT2D eigenvalue weighted by Crippen LogP contribution is 2.20. The number of benzene rings is 2. The number of nitrogens with zero attached hydrogens (tertiary/aromatic N) is 1. The third-order valence-corrected chi connectivity index (χ3v) is 3.61. The van der Waals surface area contributed by atoms with Crippen molar-refractivity contribution in [3.05, 3.63) is 78.2 Å². The van der Waals surface area contributed by atoms with Crippen LogP contribution < -0.4 is 5.73 Å². The molecule has 0 aliphatic carbocycles. The van der Waals surface area contributed by atoms with Crippen molar-refractivity contribution in [2.24, 2.45) is 5.73 Å². The Morgan fingerprint density at radius 3 is 2.33 bits per heavy atom. The molecule has 0 fully saturated rings. The lowest BCUT2D eigenvalue weighted by molar-refractivity contribution is 0.619. The lowest BCUT2D eigenvalue weighted by Gasteiger charge is -2.08. The Labute approximate surface area is 124 Å². The minimum atomic E-state index is -0.0670. The lowest BCUT2D eigenvalue weighted by Crippen LogP contribution is -2.13. The summed E-state index contributed by atoms with van der Waals surface area (Å²) in [6.07, 6.45) is 3.77. The summed E-state index contributed by atoms with van der Waals surface area (Å²) in [6, 6.07) is 20.5. The Balaban J connectivity index is 1.66. The number of rotatable bonds is 5. The quantitative estimate of drug-likeness (QED) is 0.747. The van der Waals surface area contributed by atoms with Gasteiger partial charge in [-0.05, 0) is 18.4 Å². The minimum absolute atomic E-state index is 0.0670. The van der Waals surface area contributed by atoms with Gasteiger partial charge in [-0.1, -0.05) is 60.7 Å². The van der Waals surface area contributed by atoms with E-state index in [2.05, 4.69) is 46.4 Å². The van der Waals surface area contributed by atoms with Crippen molar-refractivity contribution in [1.29, 1.82) is 0 Å². The molecule has 0 spiro atoms. The Morgan fingerprint density at radius 1 is 0.952 bits per heavy atom. The molecule has 3 nitrogen and oxygen atoms in total. The summed E-state index contributed by atoms with van der Waals surface area (Å²) in [5.41, 5.74) is 9.60. The van der Waals surface area contributed by atoms with Gasteiger partial charge < -0.3 is 10.7 Å². The van der Waals surface area contributed by atoms with Crippen LogP contribution in [0.25, 0.3) is 11.3 Å². The molecule has 0 aliphatic rings. The molecular formula is C18H19N3. The summed E-state index contributed by atoms with van der Waals surface area (Å²) in [6.45, 7) is 0. The van der Waals surface area contributed by atoms with Gasteiger partial charge in [0.2, 0.25) is 0 Å². The smallest absolute Gasteiger partial charge is 0.123 e. The molecule has 2 aromatic carbocycles. The average Bonchev–Trinajstić information content (AvgIpc) is 3.04. The molecule has 0 saturated heterocycles. The Bertz CT molecular complexity index is 674. The zero-order valence-corrected chi connectivity index (χ0v) is 11.9. The number of aryl methyl sites for hydroxylation is 1. The SMILES string of the molecule is N[C@H](CCc1ccccc1)c1nc(-c2ccccc2)c[nH]1. The van der Waals surface area contributed by atoms with E-state index < -0.39 is 0 Å². The van der Waals surface area contributed by atoms with Crippen LogP contribution in [0, 0.1) is 0 Å². The number of H-pyrrole nitrogens is 1. The van der Waals surface area contributed by atoms with E-state index in [1.807, 2.05) is 30.5 Å². The van der Waals surface area contributed by atoms with Crippen LogP contribution in [0.2, 0.25) is 0 Å². The molecule has 3 aromatic rings. The first-order valence-electron chi connectivity index (χ1n) is 7.23. The predicted octanol–water partition coefficient (Wildman–Crippen LogP) is 3.71. The van der Waals surface area contributed by atoms with Crippen LogP contribution in [0.1, 0.15) is 23.9 Å². The van der Waals surface area contributed by atoms with Crippen molar-refractivity contribution in [3.63, 3.8) is 0 Å². The third-order valence-electron chi connectivity index (χ3n) is 3.61. The molecule has 3 rings (SSSR count). The van der Waals surface area contributed by atoms with Crippen molar-refractivity contribution in [2.45, 2.75) is 18.9 Å². The molecule has 0 unspecified atom stereocenters. The molecule has 0 bridgehead atoms. The summed E-state index contributed by atoms with van der Waals surface area (Å²) in [7, 11) is 0.